The van der Waals surface area contributed by atoms with E-state index in [1.54, 1.807) is 0 Å². The second-order valence-electron chi connectivity index (χ2n) is 9.43. The third-order valence-electron chi connectivity index (χ3n) is 7.06. The molecule has 1 aromatic heterocycles. The van der Waals surface area contributed by atoms with E-state index >= 15 is 0 Å². The lowest BCUT2D eigenvalue weighted by molar-refractivity contribution is -0.126. The maximum atomic E-state index is 13.6. The van der Waals surface area contributed by atoms with Crippen LogP contribution in [0.1, 0.15) is 50.5 Å². The number of benzene rings is 2. The number of nitrogens with zero attached hydrogens (tertiary/aromatic N) is 3. The standard InChI is InChI=1S/C27H32N4O2/c32-26(28-22-13-5-2-6-14-22)21-12-9-17-30(19-21)25-27(33)31(18-20-10-3-1-4-11-20)24-16-8-7-15-23(24)29-25/h1,3-4,7-8,10-11,15-16,21-22H,2,5-6,9,12-14,17-19H2,(H,28,32)/t21-/m0/s1. The Kier molecular flexibility index (Phi) is 6.42. The molecule has 0 unspecified atom stereocenters. The summed E-state index contributed by atoms with van der Waals surface area (Å²) in [5, 5.41) is 3.28. The molecule has 2 aromatic carbocycles. The van der Waals surface area contributed by atoms with Crippen molar-refractivity contribution in [2.24, 2.45) is 5.92 Å². The Morgan fingerprint density at radius 3 is 2.52 bits per heavy atom. The van der Waals surface area contributed by atoms with Crippen molar-refractivity contribution in [1.29, 1.82) is 0 Å². The van der Waals surface area contributed by atoms with Gasteiger partial charge in [-0.3, -0.25) is 14.2 Å². The molecule has 2 aliphatic rings. The number of hydrogen-bond acceptors (Lipinski definition) is 4. The lowest BCUT2D eigenvalue weighted by atomic mass is 9.93. The van der Waals surface area contributed by atoms with Crippen molar-refractivity contribution in [3.8, 4) is 0 Å². The van der Waals surface area contributed by atoms with Gasteiger partial charge in [0.2, 0.25) is 5.91 Å². The molecule has 0 radical (unpaired) electrons. The average molecular weight is 445 g/mol. The number of nitrogens with one attached hydrogen (secondary N) is 1. The number of carbonyl (C=O) groups is 1. The first kappa shape index (κ1) is 21.7. The molecule has 2 fully saturated rings. The fraction of sp³-hybridized carbons (Fsp3) is 0.444. The zero-order valence-corrected chi connectivity index (χ0v) is 19.1. The van der Waals surface area contributed by atoms with Gasteiger partial charge in [-0.2, -0.15) is 0 Å². The van der Waals surface area contributed by atoms with Gasteiger partial charge in [-0.15, -0.1) is 0 Å². The van der Waals surface area contributed by atoms with Crippen LogP contribution in [-0.4, -0.2) is 34.6 Å². The molecule has 1 atom stereocenters. The van der Waals surface area contributed by atoms with E-state index in [1.165, 1.54) is 19.3 Å². The van der Waals surface area contributed by atoms with Crippen molar-refractivity contribution in [2.75, 3.05) is 18.0 Å². The zero-order chi connectivity index (χ0) is 22.6. The summed E-state index contributed by atoms with van der Waals surface area (Å²) in [6.45, 7) is 1.79. The van der Waals surface area contributed by atoms with Crippen molar-refractivity contribution in [2.45, 2.75) is 57.5 Å². The van der Waals surface area contributed by atoms with Gasteiger partial charge in [0.25, 0.3) is 5.56 Å². The van der Waals surface area contributed by atoms with Crippen LogP contribution >= 0.6 is 0 Å². The molecule has 3 aromatic rings. The molecule has 5 rings (SSSR count). The molecular formula is C27H32N4O2. The second kappa shape index (κ2) is 9.77. The second-order valence-corrected chi connectivity index (χ2v) is 9.43. The van der Waals surface area contributed by atoms with E-state index in [-0.39, 0.29) is 17.4 Å². The van der Waals surface area contributed by atoms with Crippen molar-refractivity contribution in [3.05, 3.63) is 70.5 Å². The van der Waals surface area contributed by atoms with E-state index in [9.17, 15) is 9.59 Å². The van der Waals surface area contributed by atoms with Gasteiger partial charge in [0, 0.05) is 19.1 Å². The minimum Gasteiger partial charge on any atom is -0.353 e. The maximum Gasteiger partial charge on any atom is 0.294 e. The van der Waals surface area contributed by atoms with E-state index in [2.05, 4.69) is 5.32 Å². The Labute approximate surface area is 194 Å². The molecule has 1 amide bonds. The largest absolute Gasteiger partial charge is 0.353 e. The number of fused-ring (bicyclic) bond motifs is 1. The number of hydrogen-bond donors (Lipinski definition) is 1. The number of para-hydroxylation sites is 2. The van der Waals surface area contributed by atoms with Gasteiger partial charge < -0.3 is 10.2 Å². The predicted octanol–water partition coefficient (Wildman–Crippen LogP) is 4.11. The monoisotopic (exact) mass is 444 g/mol. The number of anilines is 1. The van der Waals surface area contributed by atoms with Gasteiger partial charge in [-0.1, -0.05) is 61.7 Å². The fourth-order valence-corrected chi connectivity index (χ4v) is 5.26. The Hall–Kier alpha value is -3.15. The van der Waals surface area contributed by atoms with E-state index in [0.717, 1.165) is 48.8 Å². The zero-order valence-electron chi connectivity index (χ0n) is 19.1. The molecule has 1 saturated heterocycles. The normalized spacial score (nSPS) is 19.5. The number of carbonyl (C=O) groups excluding carboxylic acids is 1. The van der Waals surface area contributed by atoms with Crippen molar-refractivity contribution < 1.29 is 4.79 Å². The van der Waals surface area contributed by atoms with Crippen LogP contribution in [0.3, 0.4) is 0 Å². The molecule has 1 aliphatic heterocycles. The summed E-state index contributed by atoms with van der Waals surface area (Å²) in [6, 6.07) is 18.1. The van der Waals surface area contributed by atoms with Crippen LogP contribution in [0.15, 0.2) is 59.4 Å². The molecule has 0 spiro atoms. The van der Waals surface area contributed by atoms with Crippen LogP contribution in [0.25, 0.3) is 11.0 Å². The summed E-state index contributed by atoms with van der Waals surface area (Å²) < 4.78 is 1.82. The van der Waals surface area contributed by atoms with Gasteiger partial charge in [0.05, 0.1) is 23.5 Å². The van der Waals surface area contributed by atoms with Crippen LogP contribution in [0, 0.1) is 5.92 Å². The highest BCUT2D eigenvalue weighted by molar-refractivity contribution is 5.80. The first-order valence-corrected chi connectivity index (χ1v) is 12.3. The van der Waals surface area contributed by atoms with Gasteiger partial charge in [0.15, 0.2) is 5.82 Å². The molecular weight excluding hydrogens is 412 g/mol. The minimum atomic E-state index is -0.101. The molecule has 1 aliphatic carbocycles. The van der Waals surface area contributed by atoms with Crippen LogP contribution in [0.2, 0.25) is 0 Å². The average Bonchev–Trinajstić information content (AvgIpc) is 2.87. The summed E-state index contributed by atoms with van der Waals surface area (Å²) in [4.78, 5) is 33.4. The third kappa shape index (κ3) is 4.80. The summed E-state index contributed by atoms with van der Waals surface area (Å²) >= 11 is 0. The van der Waals surface area contributed by atoms with E-state index in [4.69, 9.17) is 4.98 Å². The predicted molar refractivity (Wildman–Crippen MR) is 131 cm³/mol. The Balaban J connectivity index is 1.42. The summed E-state index contributed by atoms with van der Waals surface area (Å²) in [6.07, 6.45) is 7.58. The van der Waals surface area contributed by atoms with E-state index in [1.807, 2.05) is 64.1 Å². The lowest BCUT2D eigenvalue weighted by Gasteiger charge is -2.34. The van der Waals surface area contributed by atoms with Crippen LogP contribution in [0.4, 0.5) is 5.82 Å². The van der Waals surface area contributed by atoms with E-state index < -0.39 is 0 Å². The molecule has 1 saturated carbocycles. The van der Waals surface area contributed by atoms with Crippen LogP contribution in [0.5, 0.6) is 0 Å². The Bertz CT molecular complexity index is 1170. The first-order chi connectivity index (χ1) is 16.2. The van der Waals surface area contributed by atoms with Crippen molar-refractivity contribution in [1.82, 2.24) is 14.9 Å². The number of rotatable bonds is 5. The topological polar surface area (TPSA) is 67.2 Å². The van der Waals surface area contributed by atoms with E-state index in [0.29, 0.717) is 24.9 Å². The summed E-state index contributed by atoms with van der Waals surface area (Å²) in [5.41, 5.74) is 2.62. The highest BCUT2D eigenvalue weighted by Crippen LogP contribution is 2.24. The minimum absolute atomic E-state index is 0.0918. The third-order valence-corrected chi connectivity index (χ3v) is 7.06. The summed E-state index contributed by atoms with van der Waals surface area (Å²) in [5.74, 6) is 0.493. The Morgan fingerprint density at radius 1 is 0.939 bits per heavy atom. The van der Waals surface area contributed by atoms with Gasteiger partial charge >= 0.3 is 0 Å². The quantitative estimate of drug-likeness (QED) is 0.643. The molecule has 33 heavy (non-hydrogen) atoms. The van der Waals surface area contributed by atoms with Gasteiger partial charge in [0.1, 0.15) is 0 Å². The SMILES string of the molecule is O=C(NC1CCCCC1)[C@H]1CCCN(c2nc3ccccc3n(Cc3ccccc3)c2=O)C1. The number of amides is 1. The molecule has 0 bridgehead atoms. The molecule has 1 N–H and O–H groups in total. The van der Waals surface area contributed by atoms with Crippen LogP contribution < -0.4 is 15.8 Å². The maximum absolute atomic E-state index is 13.6. The summed E-state index contributed by atoms with van der Waals surface area (Å²) in [7, 11) is 0. The van der Waals surface area contributed by atoms with Gasteiger partial charge in [-0.05, 0) is 43.4 Å². The Morgan fingerprint density at radius 2 is 1.70 bits per heavy atom. The number of aromatic nitrogens is 2. The fourth-order valence-electron chi connectivity index (χ4n) is 5.26. The lowest BCUT2D eigenvalue weighted by Crippen LogP contribution is -2.48. The number of piperidine rings is 1. The highest BCUT2D eigenvalue weighted by atomic mass is 16.2. The van der Waals surface area contributed by atoms with Crippen molar-refractivity contribution in [3.63, 3.8) is 0 Å². The molecule has 2 heterocycles. The first-order valence-electron chi connectivity index (χ1n) is 12.3. The van der Waals surface area contributed by atoms with Crippen molar-refractivity contribution >= 4 is 22.8 Å². The molecule has 172 valence electrons. The van der Waals surface area contributed by atoms with Gasteiger partial charge in [-0.25, -0.2) is 4.98 Å². The molecule has 6 heteroatoms. The molecule has 6 nitrogen and oxygen atoms in total. The highest BCUT2D eigenvalue weighted by Gasteiger charge is 2.30. The van der Waals surface area contributed by atoms with Crippen LogP contribution in [-0.2, 0) is 11.3 Å². The smallest absolute Gasteiger partial charge is 0.294 e.